The van der Waals surface area contributed by atoms with Crippen LogP contribution in [-0.2, 0) is 17.1 Å². The van der Waals surface area contributed by atoms with Crippen molar-refractivity contribution in [2.75, 3.05) is 27.3 Å². The second-order valence-electron chi connectivity index (χ2n) is 11.2. The van der Waals surface area contributed by atoms with Gasteiger partial charge < -0.3 is 19.9 Å². The number of hydrogen-bond donors (Lipinski definition) is 1. The first kappa shape index (κ1) is 31.1. The molecule has 12 heteroatoms. The van der Waals surface area contributed by atoms with Crippen molar-refractivity contribution in [3.8, 4) is 0 Å². The Kier molecular flexibility index (Phi) is 8.67. The predicted octanol–water partition coefficient (Wildman–Crippen LogP) is 7.26. The summed E-state index contributed by atoms with van der Waals surface area (Å²) in [6, 6.07) is 3.69. The molecule has 41 heavy (non-hydrogen) atoms. The van der Waals surface area contributed by atoms with Gasteiger partial charge in [-0.25, -0.2) is 9.18 Å². The van der Waals surface area contributed by atoms with Crippen molar-refractivity contribution >= 4 is 6.03 Å². The van der Waals surface area contributed by atoms with Gasteiger partial charge in [-0.2, -0.15) is 26.3 Å². The molecule has 0 aliphatic carbocycles. The maximum atomic E-state index is 14.0. The van der Waals surface area contributed by atoms with Gasteiger partial charge in [0.1, 0.15) is 5.82 Å². The number of ether oxygens (including phenoxy) is 1. The first-order valence-electron chi connectivity index (χ1n) is 13.4. The molecule has 0 saturated carbocycles. The Labute approximate surface area is 234 Å². The Hall–Kier alpha value is -2.86. The van der Waals surface area contributed by atoms with Gasteiger partial charge in [0.25, 0.3) is 0 Å². The number of carbonyl (C=O) groups excluding carboxylic acids is 1. The normalized spacial score (nSPS) is 24.1. The summed E-state index contributed by atoms with van der Waals surface area (Å²) in [5, 5.41) is 3.65. The third kappa shape index (κ3) is 6.63. The zero-order valence-electron chi connectivity index (χ0n) is 23.3. The van der Waals surface area contributed by atoms with E-state index in [1.807, 2.05) is 0 Å². The molecule has 1 N–H and O–H groups in total. The fraction of sp³-hybridized carbons (Fsp3) is 0.552. The highest BCUT2D eigenvalue weighted by atomic mass is 19.4. The number of aryl methyl sites for hydroxylation is 1. The van der Waals surface area contributed by atoms with Crippen LogP contribution < -0.4 is 5.32 Å². The van der Waals surface area contributed by atoms with Crippen LogP contribution in [0, 0.1) is 12.7 Å². The third-order valence-electron chi connectivity index (χ3n) is 8.45. The fourth-order valence-electron chi connectivity index (χ4n) is 6.12. The Morgan fingerprint density at radius 2 is 1.73 bits per heavy atom. The molecule has 1 spiro atoms. The summed E-state index contributed by atoms with van der Waals surface area (Å²) >= 11 is 0. The predicted molar refractivity (Wildman–Crippen MR) is 139 cm³/mol. The van der Waals surface area contributed by atoms with Crippen molar-refractivity contribution in [1.82, 2.24) is 15.1 Å². The van der Waals surface area contributed by atoms with Crippen LogP contribution in [0.1, 0.15) is 72.5 Å². The van der Waals surface area contributed by atoms with Crippen LogP contribution in [-0.4, -0.2) is 54.7 Å². The van der Waals surface area contributed by atoms with Crippen LogP contribution in [0.5, 0.6) is 0 Å². The largest absolute Gasteiger partial charge is 0.416 e. The maximum Gasteiger partial charge on any atom is 0.416 e. The van der Waals surface area contributed by atoms with E-state index in [9.17, 15) is 35.5 Å². The Morgan fingerprint density at radius 3 is 2.29 bits per heavy atom. The number of nitrogens with zero attached hydrogens (tertiary/aromatic N) is 2. The second-order valence-corrected chi connectivity index (χ2v) is 11.2. The number of carbonyl (C=O) groups is 1. The summed E-state index contributed by atoms with van der Waals surface area (Å²) in [6.07, 6.45) is -7.17. The monoisotopic (exact) mass is 589 g/mol. The van der Waals surface area contributed by atoms with Gasteiger partial charge in [-0.3, -0.25) is 0 Å². The van der Waals surface area contributed by atoms with Crippen LogP contribution in [0.4, 0.5) is 35.5 Å². The van der Waals surface area contributed by atoms with E-state index >= 15 is 0 Å². The van der Waals surface area contributed by atoms with Gasteiger partial charge in [0.05, 0.1) is 29.8 Å². The lowest BCUT2D eigenvalue weighted by Crippen LogP contribution is -2.56. The molecule has 5 nitrogen and oxygen atoms in total. The number of benzene rings is 2. The molecule has 0 radical (unpaired) electrons. The van der Waals surface area contributed by atoms with Crippen molar-refractivity contribution < 1.29 is 40.3 Å². The minimum absolute atomic E-state index is 0.0703. The van der Waals surface area contributed by atoms with Gasteiger partial charge in [0.2, 0.25) is 0 Å². The molecule has 226 valence electrons. The summed E-state index contributed by atoms with van der Waals surface area (Å²) in [7, 11) is 2.99. The molecule has 2 heterocycles. The average Bonchev–Trinajstić information content (AvgIpc) is 3.28. The van der Waals surface area contributed by atoms with Crippen LogP contribution >= 0.6 is 0 Å². The number of amides is 2. The zero-order valence-corrected chi connectivity index (χ0v) is 23.3. The molecule has 1 unspecified atom stereocenters. The summed E-state index contributed by atoms with van der Waals surface area (Å²) in [4.78, 5) is 16.7. The third-order valence-corrected chi connectivity index (χ3v) is 8.45. The van der Waals surface area contributed by atoms with E-state index in [1.165, 1.54) is 26.1 Å². The van der Waals surface area contributed by atoms with Gasteiger partial charge in [-0.15, -0.1) is 0 Å². The van der Waals surface area contributed by atoms with E-state index in [4.69, 9.17) is 4.74 Å². The Bertz CT molecular complexity index is 1230. The number of halogens is 7. The van der Waals surface area contributed by atoms with E-state index in [0.29, 0.717) is 43.7 Å². The van der Waals surface area contributed by atoms with Gasteiger partial charge in [-0.05, 0) is 86.6 Å². The van der Waals surface area contributed by atoms with Crippen LogP contribution in [0.2, 0.25) is 0 Å². The number of likely N-dealkylation sites (tertiary alicyclic amines) is 1. The van der Waals surface area contributed by atoms with E-state index in [-0.39, 0.29) is 23.2 Å². The second kappa shape index (κ2) is 11.4. The summed E-state index contributed by atoms with van der Waals surface area (Å²) in [5.41, 5.74) is -2.08. The van der Waals surface area contributed by atoms with E-state index in [0.717, 1.165) is 23.3 Å². The zero-order chi connectivity index (χ0) is 30.3. The molecule has 0 bridgehead atoms. The van der Waals surface area contributed by atoms with E-state index in [1.54, 1.807) is 25.0 Å². The number of piperidine rings is 1. The quantitative estimate of drug-likeness (QED) is 0.374. The SMILES string of the molecule is COC[C@H]1CC[C@@]2(CCN(C(=O)N(C)C(C)c3cc(C(F)(F)F)cc(C(F)(F)F)c3)[C@@H](c3ccc(F)cc3C)C2)N1. The number of nitrogens with one attached hydrogen (secondary N) is 1. The molecule has 2 fully saturated rings. The summed E-state index contributed by atoms with van der Waals surface area (Å²) < 4.78 is 100. The maximum absolute atomic E-state index is 14.0. The fourth-order valence-corrected chi connectivity index (χ4v) is 6.12. The van der Waals surface area contributed by atoms with Crippen LogP contribution in [0.3, 0.4) is 0 Å². The molecular weight excluding hydrogens is 555 g/mol. The average molecular weight is 590 g/mol. The lowest BCUT2D eigenvalue weighted by atomic mass is 9.79. The molecule has 2 aromatic rings. The molecule has 4 rings (SSSR count). The van der Waals surface area contributed by atoms with Gasteiger partial charge in [0, 0.05) is 32.3 Å². The molecule has 2 saturated heterocycles. The summed E-state index contributed by atoms with van der Waals surface area (Å²) in [6.45, 7) is 3.96. The van der Waals surface area contributed by atoms with Crippen molar-refractivity contribution in [3.63, 3.8) is 0 Å². The molecule has 2 amide bonds. The first-order valence-corrected chi connectivity index (χ1v) is 13.4. The minimum Gasteiger partial charge on any atom is -0.383 e. The van der Waals surface area contributed by atoms with Crippen molar-refractivity contribution in [1.29, 1.82) is 0 Å². The number of rotatable bonds is 5. The number of alkyl halides is 6. The molecule has 2 aromatic carbocycles. The lowest BCUT2D eigenvalue weighted by Gasteiger charge is -2.47. The van der Waals surface area contributed by atoms with Gasteiger partial charge >= 0.3 is 18.4 Å². The number of hydrogen-bond acceptors (Lipinski definition) is 3. The van der Waals surface area contributed by atoms with E-state index < -0.39 is 47.4 Å². The number of methoxy groups -OCH3 is 1. The van der Waals surface area contributed by atoms with Crippen molar-refractivity contribution in [2.45, 2.75) is 75.5 Å². The molecule has 2 aliphatic rings. The highest BCUT2D eigenvalue weighted by Crippen LogP contribution is 2.44. The molecule has 2 aliphatic heterocycles. The lowest BCUT2D eigenvalue weighted by molar-refractivity contribution is -0.143. The Morgan fingerprint density at radius 1 is 1.10 bits per heavy atom. The van der Waals surface area contributed by atoms with Gasteiger partial charge in [-0.1, -0.05) is 6.07 Å². The highest BCUT2D eigenvalue weighted by molar-refractivity contribution is 5.75. The Balaban J connectivity index is 1.66. The molecule has 4 atom stereocenters. The standard InChI is InChI=1S/C29H34F7N3O2/c1-17-11-22(30)5-6-24(17)25-15-27(8-7-23(37-27)16-41-4)9-10-39(25)26(40)38(3)18(2)19-12-20(28(31,32)33)14-21(13-19)29(34,35)36/h5-6,11-14,18,23,25,37H,7-10,15-16H2,1-4H3/t18?,23-,25-,27+/m1/s1. The minimum atomic E-state index is -5.00. The van der Waals surface area contributed by atoms with Crippen molar-refractivity contribution in [2.24, 2.45) is 0 Å². The smallest absolute Gasteiger partial charge is 0.383 e. The van der Waals surface area contributed by atoms with E-state index in [2.05, 4.69) is 5.32 Å². The van der Waals surface area contributed by atoms with Gasteiger partial charge in [0.15, 0.2) is 0 Å². The first-order chi connectivity index (χ1) is 19.0. The molecule has 0 aromatic heterocycles. The highest BCUT2D eigenvalue weighted by Gasteiger charge is 2.47. The summed E-state index contributed by atoms with van der Waals surface area (Å²) in [5.74, 6) is -0.426. The van der Waals surface area contributed by atoms with Crippen molar-refractivity contribution in [3.05, 3.63) is 70.0 Å². The van der Waals surface area contributed by atoms with Crippen LogP contribution in [0.15, 0.2) is 36.4 Å². The van der Waals surface area contributed by atoms with Crippen LogP contribution in [0.25, 0.3) is 0 Å². The molecular formula is C29H34F7N3O2. The topological polar surface area (TPSA) is 44.8 Å². The number of urea groups is 1.